The van der Waals surface area contributed by atoms with Crippen LogP contribution in [0.25, 0.3) is 132 Å². The van der Waals surface area contributed by atoms with Gasteiger partial charge in [-0.2, -0.15) is 0 Å². The van der Waals surface area contributed by atoms with Crippen molar-refractivity contribution in [3.8, 4) is 33.4 Å². The molecule has 0 atom stereocenters. The predicted octanol–water partition coefficient (Wildman–Crippen LogP) is 18.4. The third kappa shape index (κ3) is 5.69. The highest BCUT2D eigenvalue weighted by Crippen LogP contribution is 2.44. The SMILES string of the molecule is C=Cc1ccc2ccc(-c3ccc(N(c4ccc(-c5ccc6ccc7cccc8ccc5c6c78)cc4)c4ccc(-c5ccc6ccc7cccc8ccc5c6c78)cc4)cc3)c3ccc(=CC)c1c23. The van der Waals surface area contributed by atoms with E-state index >= 15 is 0 Å². The van der Waals surface area contributed by atoms with Crippen molar-refractivity contribution in [1.82, 2.24) is 0 Å². The molecule has 0 radical (unpaired) electrons. The number of hydrogen-bond donors (Lipinski definition) is 0. The topological polar surface area (TPSA) is 3.24 Å². The van der Waals surface area contributed by atoms with Crippen molar-refractivity contribution < 1.29 is 0 Å². The van der Waals surface area contributed by atoms with Crippen molar-refractivity contribution in [3.05, 3.63) is 236 Å². The van der Waals surface area contributed by atoms with Crippen LogP contribution in [-0.2, 0) is 0 Å². The maximum absolute atomic E-state index is 4.17. The normalized spacial score (nSPS) is 12.3. The third-order valence-electron chi connectivity index (χ3n) is 14.9. The molecule has 0 unspecified atom stereocenters. The summed E-state index contributed by atoms with van der Waals surface area (Å²) < 4.78 is 0. The van der Waals surface area contributed by atoms with Crippen LogP contribution in [0.1, 0.15) is 12.5 Å². The van der Waals surface area contributed by atoms with Gasteiger partial charge in [0, 0.05) is 17.1 Å². The first-order valence-corrected chi connectivity index (χ1v) is 23.6. The molecular formula is C67H43N. The number of rotatable bonds is 7. The molecular weight excluding hydrogens is 819 g/mol. The summed E-state index contributed by atoms with van der Waals surface area (Å²) in [6.07, 6.45) is 4.18. The highest BCUT2D eigenvalue weighted by atomic mass is 15.1. The van der Waals surface area contributed by atoms with Crippen LogP contribution < -0.4 is 10.1 Å². The van der Waals surface area contributed by atoms with E-state index in [2.05, 4.69) is 243 Å². The van der Waals surface area contributed by atoms with Crippen molar-refractivity contribution >= 4 is 115 Å². The molecule has 0 aliphatic rings. The zero-order valence-corrected chi connectivity index (χ0v) is 37.6. The van der Waals surface area contributed by atoms with Crippen LogP contribution in [0.3, 0.4) is 0 Å². The Morgan fingerprint density at radius 2 is 0.632 bits per heavy atom. The Bertz CT molecular complexity index is 4140. The van der Waals surface area contributed by atoms with Crippen molar-refractivity contribution in [3.63, 3.8) is 0 Å². The summed E-state index contributed by atoms with van der Waals surface area (Å²) in [5.74, 6) is 0. The lowest BCUT2D eigenvalue weighted by Gasteiger charge is -2.26. The Labute approximate surface area is 394 Å². The molecule has 0 saturated heterocycles. The average molecular weight is 862 g/mol. The van der Waals surface area contributed by atoms with Gasteiger partial charge >= 0.3 is 0 Å². The number of hydrogen-bond acceptors (Lipinski definition) is 1. The van der Waals surface area contributed by atoms with E-state index in [1.165, 1.54) is 125 Å². The summed E-state index contributed by atoms with van der Waals surface area (Å²) in [6, 6.07) is 81.5. The number of benzene rings is 14. The van der Waals surface area contributed by atoms with Crippen LogP contribution in [0.4, 0.5) is 17.1 Å². The quantitative estimate of drug-likeness (QED) is 0.144. The summed E-state index contributed by atoms with van der Waals surface area (Å²) in [4.78, 5) is 2.39. The summed E-state index contributed by atoms with van der Waals surface area (Å²) in [6.45, 7) is 6.28. The molecule has 0 saturated carbocycles. The molecule has 0 aliphatic carbocycles. The Kier molecular flexibility index (Phi) is 8.42. The maximum Gasteiger partial charge on any atom is 0.0462 e. The molecule has 0 N–H and O–H groups in total. The minimum Gasteiger partial charge on any atom is -0.311 e. The zero-order chi connectivity index (χ0) is 45.0. The van der Waals surface area contributed by atoms with Crippen molar-refractivity contribution in [2.24, 2.45) is 0 Å². The molecule has 1 nitrogen and oxygen atoms in total. The van der Waals surface area contributed by atoms with Gasteiger partial charge in [0.25, 0.3) is 0 Å². The van der Waals surface area contributed by atoms with Gasteiger partial charge in [0.1, 0.15) is 0 Å². The van der Waals surface area contributed by atoms with E-state index in [4.69, 9.17) is 0 Å². The zero-order valence-electron chi connectivity index (χ0n) is 37.6. The molecule has 0 heterocycles. The Balaban J connectivity index is 0.893. The van der Waals surface area contributed by atoms with Crippen molar-refractivity contribution in [1.29, 1.82) is 0 Å². The summed E-state index contributed by atoms with van der Waals surface area (Å²) in [5.41, 5.74) is 11.7. The van der Waals surface area contributed by atoms with E-state index in [9.17, 15) is 0 Å². The molecule has 14 aromatic rings. The minimum absolute atomic E-state index is 1.09. The lowest BCUT2D eigenvalue weighted by molar-refractivity contribution is 1.28. The third-order valence-corrected chi connectivity index (χ3v) is 14.9. The van der Waals surface area contributed by atoms with E-state index in [-0.39, 0.29) is 0 Å². The van der Waals surface area contributed by atoms with Gasteiger partial charge < -0.3 is 4.90 Å². The van der Waals surface area contributed by atoms with Gasteiger partial charge in [-0.1, -0.05) is 201 Å². The average Bonchev–Trinajstić information content (AvgIpc) is 3.40. The number of anilines is 3. The predicted molar refractivity (Wildman–Crippen MR) is 295 cm³/mol. The smallest absolute Gasteiger partial charge is 0.0462 e. The molecule has 0 spiro atoms. The molecule has 1 heteroatoms. The van der Waals surface area contributed by atoms with E-state index in [1.807, 2.05) is 6.08 Å². The standard InChI is InChI=1S/C67H43N/c1-3-41-11-12-50-24-35-56(59-38-23-42(4-2)62(41)65(50)59)43-17-29-53(30-18-43)68(54-31-19-44(20-32-54)57-36-25-51-15-13-46-7-5-9-48-27-39-60(57)66(51)63(46)48)55-33-21-45(22-34-55)58-37-26-52-16-14-47-8-6-10-49-28-40-61(58)67(52)64(47)49/h3-40H,1H2,2H3. The Morgan fingerprint density at radius 1 is 0.309 bits per heavy atom. The lowest BCUT2D eigenvalue weighted by Crippen LogP contribution is -2.09. The number of nitrogens with zero attached hydrogens (tertiary/aromatic N) is 1. The second-order valence-electron chi connectivity index (χ2n) is 18.4. The van der Waals surface area contributed by atoms with Gasteiger partial charge in [-0.05, 0) is 174 Å². The highest BCUT2D eigenvalue weighted by Gasteiger charge is 2.19. The first-order chi connectivity index (χ1) is 33.6. The molecule has 0 aliphatic heterocycles. The molecule has 14 rings (SSSR count). The Morgan fingerprint density at radius 3 is 1.01 bits per heavy atom. The second-order valence-corrected chi connectivity index (χ2v) is 18.4. The fourth-order valence-electron chi connectivity index (χ4n) is 11.7. The van der Waals surface area contributed by atoms with E-state index < -0.39 is 0 Å². The largest absolute Gasteiger partial charge is 0.311 e. The van der Waals surface area contributed by atoms with Crippen LogP contribution in [0.2, 0.25) is 0 Å². The van der Waals surface area contributed by atoms with Crippen LogP contribution in [-0.4, -0.2) is 0 Å². The van der Waals surface area contributed by atoms with Crippen LogP contribution in [0, 0.1) is 0 Å². The summed E-state index contributed by atoms with van der Waals surface area (Å²) in [5, 5.41) is 21.9. The first-order valence-electron chi connectivity index (χ1n) is 23.6. The van der Waals surface area contributed by atoms with Gasteiger partial charge in [-0.3, -0.25) is 0 Å². The van der Waals surface area contributed by atoms with Crippen molar-refractivity contribution in [2.75, 3.05) is 4.90 Å². The van der Waals surface area contributed by atoms with Gasteiger partial charge in [0.2, 0.25) is 0 Å². The fraction of sp³-hybridized carbons (Fsp3) is 0.0149. The van der Waals surface area contributed by atoms with E-state index in [0.717, 1.165) is 22.6 Å². The molecule has 0 amide bonds. The van der Waals surface area contributed by atoms with Crippen LogP contribution in [0.5, 0.6) is 0 Å². The highest BCUT2D eigenvalue weighted by molar-refractivity contribution is 6.27. The van der Waals surface area contributed by atoms with Crippen molar-refractivity contribution in [2.45, 2.75) is 6.92 Å². The Hall–Kier alpha value is -8.78. The first kappa shape index (κ1) is 38.5. The molecule has 68 heavy (non-hydrogen) atoms. The molecule has 0 fully saturated rings. The monoisotopic (exact) mass is 861 g/mol. The molecule has 0 aromatic heterocycles. The lowest BCUT2D eigenvalue weighted by atomic mass is 9.89. The van der Waals surface area contributed by atoms with E-state index in [0.29, 0.717) is 0 Å². The van der Waals surface area contributed by atoms with Crippen LogP contribution in [0.15, 0.2) is 225 Å². The minimum atomic E-state index is 1.09. The maximum atomic E-state index is 4.17. The summed E-state index contributed by atoms with van der Waals surface area (Å²) >= 11 is 0. The molecule has 316 valence electrons. The fourth-order valence-corrected chi connectivity index (χ4v) is 11.7. The van der Waals surface area contributed by atoms with Gasteiger partial charge in [0.05, 0.1) is 0 Å². The van der Waals surface area contributed by atoms with Gasteiger partial charge in [0.15, 0.2) is 0 Å². The van der Waals surface area contributed by atoms with Crippen LogP contribution >= 0.6 is 0 Å². The van der Waals surface area contributed by atoms with Gasteiger partial charge in [-0.15, -0.1) is 0 Å². The second kappa shape index (κ2) is 14.9. The molecule has 14 aromatic carbocycles. The van der Waals surface area contributed by atoms with E-state index in [1.54, 1.807) is 0 Å². The van der Waals surface area contributed by atoms with Gasteiger partial charge in [-0.25, -0.2) is 0 Å². The molecule has 0 bridgehead atoms. The summed E-state index contributed by atoms with van der Waals surface area (Å²) in [7, 11) is 0.